The van der Waals surface area contributed by atoms with Crippen molar-refractivity contribution in [1.29, 1.82) is 0 Å². The maximum atomic E-state index is 10.9. The monoisotopic (exact) mass is 240 g/mol. The van der Waals surface area contributed by atoms with Gasteiger partial charge in [0, 0.05) is 0 Å². The zero-order valence-corrected chi connectivity index (χ0v) is 10.3. The summed E-state index contributed by atoms with van der Waals surface area (Å²) in [6, 6.07) is 18.0. The van der Waals surface area contributed by atoms with Gasteiger partial charge in [0.15, 0.2) is 0 Å². The summed E-state index contributed by atoms with van der Waals surface area (Å²) >= 11 is 0. The second-order valence-corrected chi connectivity index (χ2v) is 4.46. The first-order valence-corrected chi connectivity index (χ1v) is 6.02. The van der Waals surface area contributed by atoms with Crippen LogP contribution in [0.5, 0.6) is 0 Å². The maximum absolute atomic E-state index is 10.9. The predicted octanol–water partition coefficient (Wildman–Crippen LogP) is 3.47. The number of hydrogen-bond acceptors (Lipinski definition) is 1. The van der Waals surface area contributed by atoms with Crippen LogP contribution in [0.1, 0.15) is 29.5 Å². The van der Waals surface area contributed by atoms with Gasteiger partial charge in [0.25, 0.3) is 0 Å². The highest BCUT2D eigenvalue weighted by atomic mass is 16.4. The fourth-order valence-electron chi connectivity index (χ4n) is 1.90. The van der Waals surface area contributed by atoms with E-state index in [2.05, 4.69) is 12.1 Å². The quantitative estimate of drug-likeness (QED) is 0.888. The smallest absolute Gasteiger partial charge is 0.310 e. The normalized spacial score (nSPS) is 12.1. The van der Waals surface area contributed by atoms with Crippen molar-refractivity contribution in [3.63, 3.8) is 0 Å². The van der Waals surface area contributed by atoms with Crippen molar-refractivity contribution >= 4 is 5.97 Å². The van der Waals surface area contributed by atoms with Crippen molar-refractivity contribution in [2.24, 2.45) is 0 Å². The molecule has 0 aromatic heterocycles. The minimum absolute atomic E-state index is 0.448. The average molecular weight is 240 g/mol. The maximum Gasteiger partial charge on any atom is 0.310 e. The molecule has 0 bridgehead atoms. The Bertz CT molecular complexity index is 515. The van der Waals surface area contributed by atoms with Crippen LogP contribution >= 0.6 is 0 Å². The molecule has 2 heteroatoms. The predicted molar refractivity (Wildman–Crippen MR) is 71.7 cm³/mol. The Hall–Kier alpha value is -2.09. The lowest BCUT2D eigenvalue weighted by atomic mass is 9.98. The summed E-state index contributed by atoms with van der Waals surface area (Å²) < 4.78 is 0. The topological polar surface area (TPSA) is 37.3 Å². The second kappa shape index (κ2) is 5.50. The van der Waals surface area contributed by atoms with Crippen LogP contribution in [0.3, 0.4) is 0 Å². The summed E-state index contributed by atoms with van der Waals surface area (Å²) in [5.41, 5.74) is 3.30. The molecule has 0 radical (unpaired) electrons. The van der Waals surface area contributed by atoms with Gasteiger partial charge >= 0.3 is 5.97 Å². The van der Waals surface area contributed by atoms with Crippen LogP contribution in [0.2, 0.25) is 0 Å². The molecule has 0 fully saturated rings. The van der Waals surface area contributed by atoms with Gasteiger partial charge in [0.2, 0.25) is 0 Å². The highest BCUT2D eigenvalue weighted by Gasteiger charge is 2.12. The van der Waals surface area contributed by atoms with Crippen LogP contribution in [0.4, 0.5) is 0 Å². The molecule has 1 atom stereocenters. The van der Waals surface area contributed by atoms with Crippen molar-refractivity contribution in [3.05, 3.63) is 71.3 Å². The van der Waals surface area contributed by atoms with Gasteiger partial charge in [0.05, 0.1) is 5.92 Å². The molecule has 18 heavy (non-hydrogen) atoms. The van der Waals surface area contributed by atoms with Gasteiger partial charge in [-0.3, -0.25) is 4.79 Å². The lowest BCUT2D eigenvalue weighted by molar-refractivity contribution is -0.138. The molecule has 0 heterocycles. The summed E-state index contributed by atoms with van der Waals surface area (Å²) in [4.78, 5) is 10.9. The first kappa shape index (κ1) is 12.4. The lowest BCUT2D eigenvalue weighted by Crippen LogP contribution is -2.07. The van der Waals surface area contributed by atoms with Gasteiger partial charge in [-0.15, -0.1) is 0 Å². The summed E-state index contributed by atoms with van der Waals surface area (Å²) in [6.07, 6.45) is 0.878. The van der Waals surface area contributed by atoms with E-state index in [0.717, 1.165) is 12.0 Å². The Balaban J connectivity index is 2.11. The molecule has 1 N–H and O–H groups in total. The Morgan fingerprint density at radius 1 is 1.00 bits per heavy atom. The number of rotatable bonds is 4. The largest absolute Gasteiger partial charge is 0.481 e. The van der Waals surface area contributed by atoms with Gasteiger partial charge in [-0.25, -0.2) is 0 Å². The van der Waals surface area contributed by atoms with E-state index in [1.165, 1.54) is 11.1 Å². The van der Waals surface area contributed by atoms with Crippen molar-refractivity contribution in [2.75, 3.05) is 0 Å². The molecule has 92 valence electrons. The minimum atomic E-state index is -0.786. The van der Waals surface area contributed by atoms with Gasteiger partial charge in [-0.2, -0.15) is 0 Å². The van der Waals surface area contributed by atoms with Crippen molar-refractivity contribution in [1.82, 2.24) is 0 Å². The van der Waals surface area contributed by atoms with Crippen LogP contribution in [0.15, 0.2) is 54.6 Å². The van der Waals surface area contributed by atoms with Gasteiger partial charge in [0.1, 0.15) is 0 Å². The van der Waals surface area contributed by atoms with Crippen molar-refractivity contribution in [2.45, 2.75) is 19.3 Å². The lowest BCUT2D eigenvalue weighted by Gasteiger charge is -2.08. The Labute approximate surface area is 107 Å². The number of carbonyl (C=O) groups is 1. The van der Waals surface area contributed by atoms with E-state index in [1.807, 2.05) is 42.5 Å². The molecule has 2 nitrogen and oxygen atoms in total. The van der Waals surface area contributed by atoms with E-state index >= 15 is 0 Å². The number of aliphatic carboxylic acids is 1. The van der Waals surface area contributed by atoms with Crippen molar-refractivity contribution in [3.8, 4) is 0 Å². The molecule has 0 aliphatic heterocycles. The van der Waals surface area contributed by atoms with E-state index < -0.39 is 11.9 Å². The molecular weight excluding hydrogens is 224 g/mol. The van der Waals surface area contributed by atoms with Gasteiger partial charge in [-0.1, -0.05) is 54.6 Å². The van der Waals surface area contributed by atoms with Crippen molar-refractivity contribution < 1.29 is 9.90 Å². The fraction of sp³-hybridized carbons (Fsp3) is 0.188. The van der Waals surface area contributed by atoms with Crippen LogP contribution < -0.4 is 0 Å². The molecule has 2 aromatic rings. The molecule has 2 aromatic carbocycles. The summed E-state index contributed by atoms with van der Waals surface area (Å²) in [5, 5.41) is 8.94. The highest BCUT2D eigenvalue weighted by molar-refractivity contribution is 5.75. The zero-order valence-electron chi connectivity index (χ0n) is 10.3. The van der Waals surface area contributed by atoms with E-state index in [-0.39, 0.29) is 0 Å². The molecule has 0 aliphatic rings. The van der Waals surface area contributed by atoms with Gasteiger partial charge < -0.3 is 5.11 Å². The first-order valence-electron chi connectivity index (χ1n) is 6.02. The fourth-order valence-corrected chi connectivity index (χ4v) is 1.90. The molecule has 0 aliphatic carbocycles. The van der Waals surface area contributed by atoms with Gasteiger partial charge in [-0.05, 0) is 30.0 Å². The third-order valence-electron chi connectivity index (χ3n) is 3.10. The SMILES string of the molecule is CC(C(=O)O)c1ccc(Cc2ccccc2)cc1. The molecule has 1 unspecified atom stereocenters. The Morgan fingerprint density at radius 3 is 2.11 bits per heavy atom. The minimum Gasteiger partial charge on any atom is -0.481 e. The third kappa shape index (κ3) is 2.98. The summed E-state index contributed by atoms with van der Waals surface area (Å²) in [6.45, 7) is 1.70. The third-order valence-corrected chi connectivity index (χ3v) is 3.10. The molecule has 0 amide bonds. The second-order valence-electron chi connectivity index (χ2n) is 4.46. The van der Waals surface area contributed by atoms with Crippen LogP contribution in [-0.2, 0) is 11.2 Å². The standard InChI is InChI=1S/C16H16O2/c1-12(16(17)18)15-9-7-14(8-10-15)11-13-5-3-2-4-6-13/h2-10,12H,11H2,1H3,(H,17,18). The van der Waals surface area contributed by atoms with Crippen LogP contribution in [0, 0.1) is 0 Å². The molecule has 2 rings (SSSR count). The van der Waals surface area contributed by atoms with Crippen LogP contribution in [0.25, 0.3) is 0 Å². The average Bonchev–Trinajstić information content (AvgIpc) is 2.40. The van der Waals surface area contributed by atoms with E-state index in [1.54, 1.807) is 6.92 Å². The number of carboxylic acid groups (broad SMARTS) is 1. The Kier molecular flexibility index (Phi) is 3.78. The molecule has 0 spiro atoms. The number of hydrogen-bond donors (Lipinski definition) is 1. The van der Waals surface area contributed by atoms with E-state index in [0.29, 0.717) is 0 Å². The van der Waals surface area contributed by atoms with E-state index in [9.17, 15) is 4.79 Å². The first-order chi connectivity index (χ1) is 8.66. The summed E-state index contributed by atoms with van der Waals surface area (Å²) in [5.74, 6) is -1.23. The summed E-state index contributed by atoms with van der Waals surface area (Å²) in [7, 11) is 0. The zero-order chi connectivity index (χ0) is 13.0. The molecule has 0 saturated heterocycles. The number of benzene rings is 2. The Morgan fingerprint density at radius 2 is 1.56 bits per heavy atom. The highest BCUT2D eigenvalue weighted by Crippen LogP contribution is 2.17. The van der Waals surface area contributed by atoms with Crippen LogP contribution in [-0.4, -0.2) is 11.1 Å². The number of carboxylic acids is 1. The molecular formula is C16H16O2. The van der Waals surface area contributed by atoms with E-state index in [4.69, 9.17) is 5.11 Å². The molecule has 0 saturated carbocycles.